The molecule has 1 saturated heterocycles. The predicted molar refractivity (Wildman–Crippen MR) is 81.4 cm³/mol. The van der Waals surface area contributed by atoms with Gasteiger partial charge in [0.2, 0.25) is 0 Å². The first-order valence-corrected chi connectivity index (χ1v) is 7.64. The van der Waals surface area contributed by atoms with Crippen molar-refractivity contribution in [2.24, 2.45) is 0 Å². The summed E-state index contributed by atoms with van der Waals surface area (Å²) in [7, 11) is 0. The molecule has 0 radical (unpaired) electrons. The number of benzene rings is 1. The Kier molecular flexibility index (Phi) is 4.34. The summed E-state index contributed by atoms with van der Waals surface area (Å²) in [6.07, 6.45) is 3.65. The number of aliphatic hydroxyl groups is 1. The Balaban J connectivity index is 1.53. The lowest BCUT2D eigenvalue weighted by Crippen LogP contribution is -2.39. The van der Waals surface area contributed by atoms with Crippen molar-refractivity contribution in [3.8, 4) is 0 Å². The number of amides is 1. The van der Waals surface area contributed by atoms with Crippen molar-refractivity contribution in [3.05, 3.63) is 48.0 Å². The third kappa shape index (κ3) is 3.71. The monoisotopic (exact) mass is 317 g/mol. The maximum atomic E-state index is 12.0. The lowest BCUT2D eigenvalue weighted by Gasteiger charge is -2.28. The molecule has 23 heavy (non-hydrogen) atoms. The van der Waals surface area contributed by atoms with Gasteiger partial charge in [0.1, 0.15) is 18.2 Å². The van der Waals surface area contributed by atoms with Crippen LogP contribution >= 0.6 is 0 Å². The second-order valence-electron chi connectivity index (χ2n) is 5.91. The fourth-order valence-corrected chi connectivity index (χ4v) is 2.87. The molecular formula is C17H19NO5. The molecule has 0 bridgehead atoms. The summed E-state index contributed by atoms with van der Waals surface area (Å²) < 4.78 is 10.5. The van der Waals surface area contributed by atoms with Crippen LogP contribution in [0.25, 0.3) is 0 Å². The average Bonchev–Trinajstić information content (AvgIpc) is 2.85. The van der Waals surface area contributed by atoms with Gasteiger partial charge in [-0.25, -0.2) is 9.59 Å². The van der Waals surface area contributed by atoms with Gasteiger partial charge in [0.05, 0.1) is 6.10 Å². The van der Waals surface area contributed by atoms with Gasteiger partial charge in [0.25, 0.3) is 0 Å². The Labute approximate surface area is 134 Å². The molecular weight excluding hydrogens is 298 g/mol. The maximum absolute atomic E-state index is 12.0. The second-order valence-corrected chi connectivity index (χ2v) is 5.91. The molecule has 2 aliphatic rings. The largest absolute Gasteiger partial charge is 0.453 e. The van der Waals surface area contributed by atoms with E-state index in [2.05, 4.69) is 5.32 Å². The van der Waals surface area contributed by atoms with Gasteiger partial charge in [-0.3, -0.25) is 0 Å². The van der Waals surface area contributed by atoms with E-state index in [-0.39, 0.29) is 6.61 Å². The van der Waals surface area contributed by atoms with E-state index in [9.17, 15) is 14.7 Å². The summed E-state index contributed by atoms with van der Waals surface area (Å²) in [6.45, 7) is 0.145. The summed E-state index contributed by atoms with van der Waals surface area (Å²) in [4.78, 5) is 23.8. The molecule has 1 heterocycles. The van der Waals surface area contributed by atoms with E-state index >= 15 is 0 Å². The van der Waals surface area contributed by atoms with Crippen molar-refractivity contribution in [2.75, 3.05) is 0 Å². The first kappa shape index (κ1) is 15.6. The zero-order valence-corrected chi connectivity index (χ0v) is 12.6. The standard InChI is InChI=1S/C17H19NO5/c19-13-6-8-17(9-7-13)10-14(15(20)23-17)18-16(21)22-11-12-4-2-1-3-5-12/h1-6,8,13-14,19H,7,9-11H2,(H,18,21)/t13-,14-,17-/m0/s1. The highest BCUT2D eigenvalue weighted by Crippen LogP contribution is 2.36. The Bertz CT molecular complexity index is 615. The van der Waals surface area contributed by atoms with Crippen molar-refractivity contribution >= 4 is 12.1 Å². The number of carbonyl (C=O) groups excluding carboxylic acids is 2. The average molecular weight is 317 g/mol. The van der Waals surface area contributed by atoms with Crippen LogP contribution in [0.15, 0.2) is 42.5 Å². The molecule has 0 saturated carbocycles. The molecule has 1 spiro atoms. The van der Waals surface area contributed by atoms with Gasteiger partial charge in [-0.1, -0.05) is 36.4 Å². The summed E-state index contributed by atoms with van der Waals surface area (Å²) in [6, 6.07) is 8.58. The minimum Gasteiger partial charge on any atom is -0.453 e. The highest BCUT2D eigenvalue weighted by Gasteiger charge is 2.47. The zero-order valence-electron chi connectivity index (χ0n) is 12.6. The molecule has 3 atom stereocenters. The third-order valence-corrected chi connectivity index (χ3v) is 4.13. The predicted octanol–water partition coefficient (Wildman–Crippen LogP) is 1.68. The van der Waals surface area contributed by atoms with Gasteiger partial charge in [-0.2, -0.15) is 0 Å². The minimum atomic E-state index is -0.724. The van der Waals surface area contributed by atoms with Gasteiger partial charge in [0.15, 0.2) is 0 Å². The normalized spacial score (nSPS) is 29.3. The minimum absolute atomic E-state index is 0.145. The van der Waals surface area contributed by atoms with Crippen molar-refractivity contribution in [3.63, 3.8) is 0 Å². The number of alkyl carbamates (subject to hydrolysis) is 1. The molecule has 0 unspecified atom stereocenters. The van der Waals surface area contributed by atoms with Crippen LogP contribution in [0.4, 0.5) is 4.79 Å². The molecule has 1 aromatic carbocycles. The number of nitrogens with one attached hydrogen (secondary N) is 1. The summed E-state index contributed by atoms with van der Waals surface area (Å²) in [5.74, 6) is -0.470. The van der Waals surface area contributed by atoms with Crippen LogP contribution in [-0.4, -0.2) is 34.9 Å². The molecule has 2 N–H and O–H groups in total. The van der Waals surface area contributed by atoms with Gasteiger partial charge in [-0.05, 0) is 24.5 Å². The molecule has 1 aliphatic heterocycles. The number of hydrogen-bond acceptors (Lipinski definition) is 5. The van der Waals surface area contributed by atoms with E-state index in [4.69, 9.17) is 9.47 Å². The molecule has 6 heteroatoms. The van der Waals surface area contributed by atoms with E-state index in [1.165, 1.54) is 0 Å². The molecule has 3 rings (SSSR count). The van der Waals surface area contributed by atoms with E-state index in [0.717, 1.165) is 5.56 Å². The highest BCUT2D eigenvalue weighted by molar-refractivity contribution is 5.83. The van der Waals surface area contributed by atoms with Crippen molar-refractivity contribution in [2.45, 2.75) is 43.6 Å². The lowest BCUT2D eigenvalue weighted by atomic mass is 9.86. The number of rotatable bonds is 3. The third-order valence-electron chi connectivity index (χ3n) is 4.13. The maximum Gasteiger partial charge on any atom is 0.408 e. The van der Waals surface area contributed by atoms with Crippen LogP contribution in [0.3, 0.4) is 0 Å². The Morgan fingerprint density at radius 3 is 2.87 bits per heavy atom. The quantitative estimate of drug-likeness (QED) is 0.654. The zero-order chi connectivity index (χ0) is 16.3. The van der Waals surface area contributed by atoms with Gasteiger partial charge in [-0.15, -0.1) is 0 Å². The number of carbonyl (C=O) groups is 2. The Morgan fingerprint density at radius 1 is 1.39 bits per heavy atom. The summed E-state index contributed by atoms with van der Waals surface area (Å²) in [5, 5.41) is 12.0. The molecule has 1 fully saturated rings. The van der Waals surface area contributed by atoms with Crippen LogP contribution in [-0.2, 0) is 20.9 Å². The molecule has 0 aromatic heterocycles. The number of esters is 1. The second kappa shape index (κ2) is 6.42. The number of ether oxygens (including phenoxy) is 2. The lowest BCUT2D eigenvalue weighted by molar-refractivity contribution is -0.147. The molecule has 1 aromatic rings. The fraction of sp³-hybridized carbons (Fsp3) is 0.412. The van der Waals surface area contributed by atoms with E-state index < -0.39 is 29.8 Å². The summed E-state index contributed by atoms with van der Waals surface area (Å²) in [5.41, 5.74) is 0.158. The molecule has 6 nitrogen and oxygen atoms in total. The van der Waals surface area contributed by atoms with Crippen molar-refractivity contribution < 1.29 is 24.2 Å². The van der Waals surface area contributed by atoms with Crippen LogP contribution in [0.1, 0.15) is 24.8 Å². The van der Waals surface area contributed by atoms with Gasteiger partial charge < -0.3 is 19.9 Å². The van der Waals surface area contributed by atoms with Crippen LogP contribution < -0.4 is 5.32 Å². The smallest absolute Gasteiger partial charge is 0.408 e. The van der Waals surface area contributed by atoms with Gasteiger partial charge >= 0.3 is 12.1 Å². The first-order chi connectivity index (χ1) is 11.1. The Hall–Kier alpha value is -2.34. The summed E-state index contributed by atoms with van der Waals surface area (Å²) >= 11 is 0. The SMILES string of the molecule is O=C(N[C@H]1C[C@@]2(C=C[C@H](O)CC2)OC1=O)OCc1ccccc1. The van der Waals surface area contributed by atoms with Crippen LogP contribution in [0.2, 0.25) is 0 Å². The number of aliphatic hydroxyl groups excluding tert-OH is 1. The van der Waals surface area contributed by atoms with E-state index in [0.29, 0.717) is 19.3 Å². The molecule has 1 amide bonds. The van der Waals surface area contributed by atoms with Crippen LogP contribution in [0, 0.1) is 0 Å². The van der Waals surface area contributed by atoms with Gasteiger partial charge in [0, 0.05) is 6.42 Å². The van der Waals surface area contributed by atoms with Crippen LogP contribution in [0.5, 0.6) is 0 Å². The Morgan fingerprint density at radius 2 is 2.17 bits per heavy atom. The van der Waals surface area contributed by atoms with Crippen molar-refractivity contribution in [1.29, 1.82) is 0 Å². The molecule has 1 aliphatic carbocycles. The van der Waals surface area contributed by atoms with Crippen molar-refractivity contribution in [1.82, 2.24) is 5.32 Å². The first-order valence-electron chi connectivity index (χ1n) is 7.64. The topological polar surface area (TPSA) is 84.9 Å². The number of hydrogen-bond donors (Lipinski definition) is 2. The fourth-order valence-electron chi connectivity index (χ4n) is 2.87. The highest BCUT2D eigenvalue weighted by atomic mass is 16.6. The molecule has 122 valence electrons. The van der Waals surface area contributed by atoms with E-state index in [1.807, 2.05) is 30.3 Å². The van der Waals surface area contributed by atoms with E-state index in [1.54, 1.807) is 12.2 Å².